The first-order valence-electron chi connectivity index (χ1n) is 10.8. The first kappa shape index (κ1) is 25.8. The minimum absolute atomic E-state index is 0.284. The van der Waals surface area contributed by atoms with Crippen molar-refractivity contribution in [1.82, 2.24) is 19.9 Å². The molecular weight excluding hydrogens is 459 g/mol. The number of allylic oxidation sites excluding steroid dienone is 2. The molecule has 2 aromatic heterocycles. The average molecular weight is 488 g/mol. The summed E-state index contributed by atoms with van der Waals surface area (Å²) in [7, 11) is 6.70. The van der Waals surface area contributed by atoms with E-state index in [-0.39, 0.29) is 12.4 Å². The Morgan fingerprint density at radius 3 is 2.29 bits per heavy atom. The van der Waals surface area contributed by atoms with Crippen LogP contribution in [0.2, 0.25) is 0 Å². The van der Waals surface area contributed by atoms with Crippen LogP contribution < -0.4 is 14.4 Å². The Hall–Kier alpha value is -3.82. The fourth-order valence-electron chi connectivity index (χ4n) is 3.34. The molecule has 0 bridgehead atoms. The summed E-state index contributed by atoms with van der Waals surface area (Å²) in [5.74, 6) is -0.468. The summed E-state index contributed by atoms with van der Waals surface area (Å²) in [6.07, 6.45) is 0.712. The highest BCUT2D eigenvalue weighted by molar-refractivity contribution is 5.78. The maximum Gasteiger partial charge on any atom is 0.393 e. The molecule has 7 nitrogen and oxygen atoms in total. The van der Waals surface area contributed by atoms with Crippen molar-refractivity contribution in [3.63, 3.8) is 0 Å². The van der Waals surface area contributed by atoms with Crippen LogP contribution in [-0.2, 0) is 0 Å². The molecule has 0 aliphatic rings. The molecule has 0 radical (unpaired) electrons. The third-order valence-corrected chi connectivity index (χ3v) is 5.24. The molecule has 0 N–H and O–H groups in total. The van der Waals surface area contributed by atoms with Crippen molar-refractivity contribution in [1.29, 1.82) is 0 Å². The van der Waals surface area contributed by atoms with E-state index in [0.717, 1.165) is 12.5 Å². The number of halogens is 3. The molecule has 3 rings (SSSR count). The Labute approximate surface area is 202 Å². The predicted octanol–water partition coefficient (Wildman–Crippen LogP) is 5.47. The molecule has 2 heterocycles. The number of benzene rings is 1. The number of pyridine rings is 1. The number of hydrogen-bond donors (Lipinski definition) is 0. The molecule has 0 saturated carbocycles. The van der Waals surface area contributed by atoms with E-state index in [2.05, 4.69) is 21.5 Å². The number of aromatic nitrogens is 3. The molecule has 10 heteroatoms. The number of hydrogen-bond acceptors (Lipinski definition) is 7. The van der Waals surface area contributed by atoms with E-state index in [1.807, 2.05) is 25.2 Å². The first-order valence-corrected chi connectivity index (χ1v) is 10.8. The van der Waals surface area contributed by atoms with Gasteiger partial charge in [0.25, 0.3) is 0 Å². The number of fused-ring (bicyclic) bond motifs is 1. The van der Waals surface area contributed by atoms with Gasteiger partial charge in [0.1, 0.15) is 22.8 Å². The van der Waals surface area contributed by atoms with Crippen molar-refractivity contribution < 1.29 is 22.6 Å². The summed E-state index contributed by atoms with van der Waals surface area (Å²) in [6, 6.07) is 8.22. The van der Waals surface area contributed by atoms with Crippen molar-refractivity contribution in [2.75, 3.05) is 39.8 Å². The van der Waals surface area contributed by atoms with Crippen LogP contribution in [-0.4, -0.2) is 60.9 Å². The van der Waals surface area contributed by atoms with Crippen LogP contribution in [0.4, 0.5) is 24.7 Å². The number of nitrogens with zero attached hydrogens (tertiary/aromatic N) is 5. The Kier molecular flexibility index (Phi) is 7.83. The largest absolute Gasteiger partial charge is 0.497 e. The van der Waals surface area contributed by atoms with E-state index in [0.29, 0.717) is 34.0 Å². The van der Waals surface area contributed by atoms with Gasteiger partial charge in [0.05, 0.1) is 32.0 Å². The first-order chi connectivity index (χ1) is 16.5. The van der Waals surface area contributed by atoms with Gasteiger partial charge in [-0.1, -0.05) is 19.6 Å². The van der Waals surface area contributed by atoms with Gasteiger partial charge >= 0.3 is 6.18 Å². The average Bonchev–Trinajstić information content (AvgIpc) is 2.83. The van der Waals surface area contributed by atoms with E-state index in [4.69, 9.17) is 9.47 Å². The van der Waals surface area contributed by atoms with Gasteiger partial charge in [-0.15, -0.1) is 0 Å². The summed E-state index contributed by atoms with van der Waals surface area (Å²) >= 11 is 0. The fraction of sp³-hybridized carbons (Fsp3) is 0.320. The Bertz CT molecular complexity index is 1210. The van der Waals surface area contributed by atoms with Gasteiger partial charge in [0.15, 0.2) is 5.65 Å². The second-order valence-corrected chi connectivity index (χ2v) is 8.14. The predicted molar refractivity (Wildman–Crippen MR) is 131 cm³/mol. The van der Waals surface area contributed by atoms with Crippen LogP contribution >= 0.6 is 0 Å². The monoisotopic (exact) mass is 487 g/mol. The second-order valence-electron chi connectivity index (χ2n) is 8.14. The highest BCUT2D eigenvalue weighted by atomic mass is 19.4. The molecule has 1 atom stereocenters. The fourth-order valence-corrected chi connectivity index (χ4v) is 3.34. The van der Waals surface area contributed by atoms with Gasteiger partial charge in [-0.25, -0.2) is 9.97 Å². The maximum atomic E-state index is 13.5. The number of rotatable bonds is 9. The lowest BCUT2D eigenvalue weighted by molar-refractivity contribution is -0.166. The molecule has 0 aliphatic heterocycles. The third-order valence-electron chi connectivity index (χ3n) is 5.24. The maximum absolute atomic E-state index is 13.5. The van der Waals surface area contributed by atoms with E-state index < -0.39 is 12.1 Å². The summed E-state index contributed by atoms with van der Waals surface area (Å²) in [6.45, 7) is 4.58. The number of alkyl halides is 3. The molecule has 1 unspecified atom stereocenters. The van der Waals surface area contributed by atoms with E-state index in [1.165, 1.54) is 19.1 Å². The van der Waals surface area contributed by atoms with Crippen LogP contribution in [0.3, 0.4) is 0 Å². The van der Waals surface area contributed by atoms with Gasteiger partial charge in [0, 0.05) is 56.3 Å². The van der Waals surface area contributed by atoms with Crippen LogP contribution in [0.1, 0.15) is 12.6 Å². The van der Waals surface area contributed by atoms with Gasteiger partial charge in [-0.2, -0.15) is 13.2 Å². The summed E-state index contributed by atoms with van der Waals surface area (Å²) in [5, 5.41) is 0. The molecule has 35 heavy (non-hydrogen) atoms. The van der Waals surface area contributed by atoms with Crippen molar-refractivity contribution in [3.8, 4) is 11.5 Å². The number of anilines is 2. The highest BCUT2D eigenvalue weighted by Crippen LogP contribution is 2.36. The topological polar surface area (TPSA) is 63.6 Å². The third kappa shape index (κ3) is 6.20. The minimum atomic E-state index is -4.39. The van der Waals surface area contributed by atoms with Crippen LogP contribution in [0.25, 0.3) is 16.7 Å². The standard InChI is InChI=1S/C25H28F3N5O2/c1-7-17(15-32(3)4)22-13-29-21-8-9-23(31-24(21)30-22)33(14-16(2)25(26,27)28)18-10-19(34-5)12-20(11-18)35-6/h7-13,15-16H,1,14H2,2-6H3/b17-15+. The molecule has 1 aromatic carbocycles. The second kappa shape index (κ2) is 10.6. The molecule has 0 fully saturated rings. The van der Waals surface area contributed by atoms with E-state index in [9.17, 15) is 13.2 Å². The molecule has 0 saturated heterocycles. The quantitative estimate of drug-likeness (QED) is 0.371. The van der Waals surface area contributed by atoms with Crippen molar-refractivity contribution in [3.05, 3.63) is 61.1 Å². The van der Waals surface area contributed by atoms with E-state index >= 15 is 0 Å². The summed E-state index contributed by atoms with van der Waals surface area (Å²) < 4.78 is 51.2. The normalized spacial score (nSPS) is 12.9. The molecular formula is C25H28F3N5O2. The molecule has 0 spiro atoms. The lowest BCUT2D eigenvalue weighted by atomic mass is 10.1. The Balaban J connectivity index is 2.15. The van der Waals surface area contributed by atoms with Crippen LogP contribution in [0, 0.1) is 5.92 Å². The van der Waals surface area contributed by atoms with Gasteiger partial charge in [0.2, 0.25) is 0 Å². The van der Waals surface area contributed by atoms with Crippen molar-refractivity contribution in [2.45, 2.75) is 13.1 Å². The Morgan fingerprint density at radius 1 is 1.09 bits per heavy atom. The molecule has 0 amide bonds. The van der Waals surface area contributed by atoms with Gasteiger partial charge in [-0.05, 0) is 12.1 Å². The summed E-state index contributed by atoms with van der Waals surface area (Å²) in [4.78, 5) is 16.9. The van der Waals surface area contributed by atoms with Crippen molar-refractivity contribution in [2.24, 2.45) is 5.92 Å². The highest BCUT2D eigenvalue weighted by Gasteiger charge is 2.37. The van der Waals surface area contributed by atoms with E-state index in [1.54, 1.807) is 42.6 Å². The number of methoxy groups -OCH3 is 2. The lowest BCUT2D eigenvalue weighted by Crippen LogP contribution is -2.33. The molecule has 0 aliphatic carbocycles. The van der Waals surface area contributed by atoms with Crippen LogP contribution in [0.15, 0.2) is 55.4 Å². The SMILES string of the molecule is C=C/C(=C\N(C)C)c1cnc2ccc(N(CC(C)C(F)(F)F)c3cc(OC)cc(OC)c3)nc2n1. The Morgan fingerprint density at radius 2 is 1.74 bits per heavy atom. The number of ether oxygens (including phenoxy) is 2. The zero-order valence-corrected chi connectivity index (χ0v) is 20.3. The van der Waals surface area contributed by atoms with Gasteiger partial charge < -0.3 is 19.3 Å². The van der Waals surface area contributed by atoms with Crippen LogP contribution in [0.5, 0.6) is 11.5 Å². The van der Waals surface area contributed by atoms with Crippen molar-refractivity contribution >= 4 is 28.2 Å². The minimum Gasteiger partial charge on any atom is -0.497 e. The molecule has 186 valence electrons. The zero-order valence-electron chi connectivity index (χ0n) is 20.3. The summed E-state index contributed by atoms with van der Waals surface area (Å²) in [5.41, 5.74) is 2.53. The van der Waals surface area contributed by atoms with Gasteiger partial charge in [-0.3, -0.25) is 4.98 Å². The zero-order chi connectivity index (χ0) is 25.8. The lowest BCUT2D eigenvalue weighted by Gasteiger charge is -2.28. The molecule has 3 aromatic rings. The smallest absolute Gasteiger partial charge is 0.393 e.